The monoisotopic (exact) mass is 272 g/mol. The average molecular weight is 272 g/mol. The molecule has 0 aromatic heterocycles. The number of fused-ring (bicyclic) bond motifs is 2. The quantitative estimate of drug-likeness (QED) is 0.539. The maximum atomic E-state index is 10.9. The van der Waals surface area contributed by atoms with E-state index in [2.05, 4.69) is 29.1 Å². The number of hydrogen-bond donors (Lipinski definition) is 2. The minimum absolute atomic E-state index is 0.523. The lowest BCUT2D eigenvalue weighted by Crippen LogP contribution is -2.37. The topological polar surface area (TPSA) is 58.2 Å². The van der Waals surface area contributed by atoms with Gasteiger partial charge in [0.1, 0.15) is 0 Å². The highest BCUT2D eigenvalue weighted by atomic mass is 32.2. The number of allylic oxidation sites excluding steroid dienone is 2. The van der Waals surface area contributed by atoms with Crippen molar-refractivity contribution in [3.8, 4) is 0 Å². The first kappa shape index (κ1) is 14.0. The minimum Gasteiger partial charge on any atom is -0.314 e. The van der Waals surface area contributed by atoms with Crippen molar-refractivity contribution in [3.05, 3.63) is 12.2 Å². The molecule has 0 saturated heterocycles. The van der Waals surface area contributed by atoms with Crippen LogP contribution in [0.4, 0.5) is 0 Å². The summed E-state index contributed by atoms with van der Waals surface area (Å²) in [7, 11) is -3.03. The van der Waals surface area contributed by atoms with E-state index in [1.807, 2.05) is 0 Å². The second-order valence-electron chi connectivity index (χ2n) is 5.71. The van der Waals surface area contributed by atoms with Gasteiger partial charge in [-0.15, -0.1) is 0 Å². The zero-order chi connectivity index (χ0) is 13.2. The van der Waals surface area contributed by atoms with Gasteiger partial charge >= 0.3 is 0 Å². The second kappa shape index (κ2) is 5.72. The summed E-state index contributed by atoms with van der Waals surface area (Å²) in [6, 6.07) is 0.531. The van der Waals surface area contributed by atoms with E-state index in [1.165, 1.54) is 19.1 Å². The third-order valence-corrected chi connectivity index (χ3v) is 4.89. The largest absolute Gasteiger partial charge is 0.314 e. The molecule has 0 aliphatic heterocycles. The highest BCUT2D eigenvalue weighted by Crippen LogP contribution is 2.44. The lowest BCUT2D eigenvalue weighted by molar-refractivity contribution is 0.327. The fourth-order valence-electron chi connectivity index (χ4n) is 3.23. The third-order valence-electron chi connectivity index (χ3n) is 4.16. The van der Waals surface area contributed by atoms with Gasteiger partial charge in [0.2, 0.25) is 10.0 Å². The minimum atomic E-state index is -3.03. The van der Waals surface area contributed by atoms with Gasteiger partial charge in [-0.25, -0.2) is 13.1 Å². The molecule has 104 valence electrons. The molecule has 0 radical (unpaired) electrons. The molecule has 4 nitrogen and oxygen atoms in total. The Morgan fingerprint density at radius 1 is 1.28 bits per heavy atom. The second-order valence-corrected chi connectivity index (χ2v) is 7.54. The lowest BCUT2D eigenvalue weighted by Gasteiger charge is -2.26. The van der Waals surface area contributed by atoms with Crippen LogP contribution in [0.15, 0.2) is 12.2 Å². The number of hydrogen-bond acceptors (Lipinski definition) is 3. The van der Waals surface area contributed by atoms with Gasteiger partial charge < -0.3 is 5.32 Å². The van der Waals surface area contributed by atoms with Gasteiger partial charge in [0.25, 0.3) is 0 Å². The van der Waals surface area contributed by atoms with Gasteiger partial charge in [0.15, 0.2) is 0 Å². The summed E-state index contributed by atoms with van der Waals surface area (Å²) in [5, 5.41) is 3.53. The van der Waals surface area contributed by atoms with E-state index < -0.39 is 10.0 Å². The Morgan fingerprint density at radius 2 is 2.06 bits per heavy atom. The average Bonchev–Trinajstić information content (AvgIpc) is 2.88. The van der Waals surface area contributed by atoms with Crippen LogP contribution in [0.25, 0.3) is 0 Å². The Labute approximate surface area is 110 Å². The van der Waals surface area contributed by atoms with Crippen LogP contribution in [-0.4, -0.2) is 33.8 Å². The molecule has 1 saturated carbocycles. The molecule has 2 rings (SSSR count). The molecular weight excluding hydrogens is 248 g/mol. The molecule has 2 aliphatic carbocycles. The van der Waals surface area contributed by atoms with E-state index >= 15 is 0 Å². The van der Waals surface area contributed by atoms with Crippen LogP contribution in [-0.2, 0) is 10.0 Å². The third kappa shape index (κ3) is 3.80. The van der Waals surface area contributed by atoms with Crippen LogP contribution in [0.5, 0.6) is 0 Å². The zero-order valence-electron chi connectivity index (χ0n) is 11.2. The summed E-state index contributed by atoms with van der Waals surface area (Å²) in [4.78, 5) is 0. The van der Waals surface area contributed by atoms with Gasteiger partial charge in [-0.1, -0.05) is 12.2 Å². The Kier molecular flexibility index (Phi) is 4.45. The molecule has 2 bridgehead atoms. The Hall–Kier alpha value is -0.390. The van der Waals surface area contributed by atoms with Crippen molar-refractivity contribution in [2.45, 2.75) is 32.2 Å². The van der Waals surface area contributed by atoms with Gasteiger partial charge in [-0.2, -0.15) is 0 Å². The van der Waals surface area contributed by atoms with E-state index in [4.69, 9.17) is 0 Å². The van der Waals surface area contributed by atoms with Gasteiger partial charge in [-0.05, 0) is 50.5 Å². The summed E-state index contributed by atoms with van der Waals surface area (Å²) in [6.45, 7) is 3.65. The first-order valence-electron chi connectivity index (χ1n) is 6.82. The maximum absolute atomic E-state index is 10.9. The highest BCUT2D eigenvalue weighted by Gasteiger charge is 2.38. The summed E-state index contributed by atoms with van der Waals surface area (Å²) >= 11 is 0. The zero-order valence-corrected chi connectivity index (χ0v) is 12.0. The van der Waals surface area contributed by atoms with Crippen LogP contribution in [0, 0.1) is 17.8 Å². The molecule has 2 aliphatic rings. The Morgan fingerprint density at radius 3 is 2.61 bits per heavy atom. The van der Waals surface area contributed by atoms with E-state index in [-0.39, 0.29) is 0 Å². The maximum Gasteiger partial charge on any atom is 0.208 e. The van der Waals surface area contributed by atoms with Gasteiger partial charge in [0.05, 0.1) is 6.26 Å². The molecule has 0 spiro atoms. The molecule has 1 fully saturated rings. The highest BCUT2D eigenvalue weighted by molar-refractivity contribution is 7.88. The standard InChI is InChI=1S/C13H24N2O2S/c1-10(13-9-11-4-5-12(13)8-11)14-6-3-7-15-18(2,16)17/h4-5,10-15H,3,6-9H2,1-2H3. The normalized spacial score (nSPS) is 32.0. The number of sulfonamides is 1. The van der Waals surface area contributed by atoms with Crippen molar-refractivity contribution >= 4 is 10.0 Å². The molecular formula is C13H24N2O2S. The van der Waals surface area contributed by atoms with E-state index in [1.54, 1.807) is 0 Å². The van der Waals surface area contributed by atoms with E-state index in [9.17, 15) is 8.42 Å². The molecule has 0 aromatic carbocycles. The van der Waals surface area contributed by atoms with Crippen LogP contribution in [0.2, 0.25) is 0 Å². The summed E-state index contributed by atoms with van der Waals surface area (Å²) in [5.74, 6) is 2.35. The van der Waals surface area contributed by atoms with Gasteiger partial charge in [0, 0.05) is 12.6 Å². The molecule has 0 amide bonds. The summed E-state index contributed by atoms with van der Waals surface area (Å²) in [5.41, 5.74) is 0. The molecule has 18 heavy (non-hydrogen) atoms. The van der Waals surface area contributed by atoms with Crippen molar-refractivity contribution < 1.29 is 8.42 Å². The number of nitrogens with one attached hydrogen (secondary N) is 2. The first-order chi connectivity index (χ1) is 8.46. The number of rotatable bonds is 7. The summed E-state index contributed by atoms with van der Waals surface area (Å²) in [6.07, 6.45) is 9.44. The van der Waals surface area contributed by atoms with E-state index in [0.717, 1.165) is 30.7 Å². The summed E-state index contributed by atoms with van der Waals surface area (Å²) < 4.78 is 24.3. The van der Waals surface area contributed by atoms with Gasteiger partial charge in [-0.3, -0.25) is 0 Å². The molecule has 2 N–H and O–H groups in total. The predicted octanol–water partition coefficient (Wildman–Crippen LogP) is 1.12. The van der Waals surface area contributed by atoms with Crippen LogP contribution < -0.4 is 10.0 Å². The fraction of sp³-hybridized carbons (Fsp3) is 0.846. The fourth-order valence-corrected chi connectivity index (χ4v) is 3.74. The smallest absolute Gasteiger partial charge is 0.208 e. The predicted molar refractivity (Wildman–Crippen MR) is 73.8 cm³/mol. The van der Waals surface area contributed by atoms with Crippen molar-refractivity contribution in [1.29, 1.82) is 0 Å². The molecule has 4 atom stereocenters. The first-order valence-corrected chi connectivity index (χ1v) is 8.71. The van der Waals surface area contributed by atoms with Crippen LogP contribution in [0.3, 0.4) is 0 Å². The molecule has 0 heterocycles. The van der Waals surface area contributed by atoms with Crippen LogP contribution >= 0.6 is 0 Å². The lowest BCUT2D eigenvalue weighted by atomic mass is 9.87. The Bertz CT molecular complexity index is 405. The molecule has 4 unspecified atom stereocenters. The SMILES string of the molecule is CC(NCCCNS(C)(=O)=O)C1CC2C=CC1C2. The molecule has 0 aromatic rings. The molecule has 5 heteroatoms. The van der Waals surface area contributed by atoms with Crippen LogP contribution in [0.1, 0.15) is 26.2 Å². The van der Waals surface area contributed by atoms with Crippen molar-refractivity contribution in [2.75, 3.05) is 19.3 Å². The van der Waals surface area contributed by atoms with Crippen molar-refractivity contribution in [1.82, 2.24) is 10.0 Å². The van der Waals surface area contributed by atoms with Crippen molar-refractivity contribution in [3.63, 3.8) is 0 Å². The Balaban J connectivity index is 1.61. The van der Waals surface area contributed by atoms with E-state index in [0.29, 0.717) is 12.6 Å². The van der Waals surface area contributed by atoms with Crippen molar-refractivity contribution in [2.24, 2.45) is 17.8 Å².